The molecule has 0 amide bonds. The van der Waals surface area contributed by atoms with Gasteiger partial charge in [-0.2, -0.15) is 0 Å². The lowest BCUT2D eigenvalue weighted by atomic mass is 10.1. The standard InChI is InChI=1S/C10H12N2O2/c1-2-14-10(13)8-3-5-12-6-4-11-9(12)7-8/h4,6-7H,2-3,5H2,1H3. The molecule has 0 saturated heterocycles. The summed E-state index contributed by atoms with van der Waals surface area (Å²) >= 11 is 0. The first kappa shape index (κ1) is 8.99. The van der Waals surface area contributed by atoms with E-state index in [1.165, 1.54) is 0 Å². The molecule has 0 radical (unpaired) electrons. The lowest BCUT2D eigenvalue weighted by Crippen LogP contribution is -2.14. The number of carbonyl (C=O) groups excluding carboxylic acids is 1. The number of ether oxygens (including phenoxy) is 1. The van der Waals surface area contributed by atoms with Crippen LogP contribution in [0.15, 0.2) is 18.0 Å². The second-order valence-electron chi connectivity index (χ2n) is 3.12. The average Bonchev–Trinajstić information content (AvgIpc) is 2.64. The van der Waals surface area contributed by atoms with E-state index in [2.05, 4.69) is 4.98 Å². The Balaban J connectivity index is 2.20. The van der Waals surface area contributed by atoms with Crippen LogP contribution in [0.4, 0.5) is 0 Å². The van der Waals surface area contributed by atoms with Crippen molar-refractivity contribution in [3.05, 3.63) is 23.8 Å². The molecular formula is C10H12N2O2. The Morgan fingerprint density at radius 2 is 2.57 bits per heavy atom. The van der Waals surface area contributed by atoms with Gasteiger partial charge in [0.2, 0.25) is 0 Å². The molecule has 0 bridgehead atoms. The van der Waals surface area contributed by atoms with Crippen molar-refractivity contribution < 1.29 is 9.53 Å². The summed E-state index contributed by atoms with van der Waals surface area (Å²) in [5, 5.41) is 0. The topological polar surface area (TPSA) is 44.1 Å². The Hall–Kier alpha value is -1.58. The van der Waals surface area contributed by atoms with Gasteiger partial charge in [-0.05, 0) is 19.4 Å². The molecule has 0 unspecified atom stereocenters. The molecule has 0 N–H and O–H groups in total. The van der Waals surface area contributed by atoms with Crippen molar-refractivity contribution in [2.75, 3.05) is 6.61 Å². The second kappa shape index (κ2) is 3.65. The third kappa shape index (κ3) is 1.55. The van der Waals surface area contributed by atoms with Crippen LogP contribution >= 0.6 is 0 Å². The molecule has 74 valence electrons. The zero-order valence-corrected chi connectivity index (χ0v) is 8.06. The second-order valence-corrected chi connectivity index (χ2v) is 3.12. The summed E-state index contributed by atoms with van der Waals surface area (Å²) in [6.45, 7) is 3.03. The fraction of sp³-hybridized carbons (Fsp3) is 0.400. The number of hydrogen-bond acceptors (Lipinski definition) is 3. The van der Waals surface area contributed by atoms with E-state index in [0.717, 1.165) is 18.8 Å². The number of aromatic nitrogens is 2. The number of nitrogens with zero attached hydrogens (tertiary/aromatic N) is 2. The number of hydrogen-bond donors (Lipinski definition) is 0. The van der Waals surface area contributed by atoms with E-state index in [4.69, 9.17) is 4.74 Å². The van der Waals surface area contributed by atoms with Gasteiger partial charge in [0.1, 0.15) is 5.82 Å². The van der Waals surface area contributed by atoms with Crippen LogP contribution in [0.5, 0.6) is 0 Å². The van der Waals surface area contributed by atoms with Crippen LogP contribution in [0.25, 0.3) is 6.08 Å². The van der Waals surface area contributed by atoms with Crippen LogP contribution in [-0.2, 0) is 16.1 Å². The van der Waals surface area contributed by atoms with E-state index in [1.54, 1.807) is 12.3 Å². The van der Waals surface area contributed by atoms with Gasteiger partial charge in [0.25, 0.3) is 0 Å². The molecule has 1 aromatic heterocycles. The highest BCUT2D eigenvalue weighted by atomic mass is 16.5. The molecule has 0 aromatic carbocycles. The summed E-state index contributed by atoms with van der Waals surface area (Å²) in [6.07, 6.45) is 6.16. The van der Waals surface area contributed by atoms with Crippen LogP contribution in [0.1, 0.15) is 19.2 Å². The number of aryl methyl sites for hydroxylation is 1. The van der Waals surface area contributed by atoms with E-state index < -0.39 is 0 Å². The molecule has 2 rings (SSSR count). The summed E-state index contributed by atoms with van der Waals surface area (Å²) in [4.78, 5) is 15.5. The number of imidazole rings is 1. The smallest absolute Gasteiger partial charge is 0.334 e. The molecule has 4 nitrogen and oxygen atoms in total. The van der Waals surface area contributed by atoms with Crippen molar-refractivity contribution in [1.29, 1.82) is 0 Å². The van der Waals surface area contributed by atoms with Crippen molar-refractivity contribution in [3.8, 4) is 0 Å². The molecule has 1 aromatic rings. The molecule has 0 atom stereocenters. The SMILES string of the molecule is CCOC(=O)C1=Cc2nccn2CC1. The van der Waals surface area contributed by atoms with E-state index >= 15 is 0 Å². The van der Waals surface area contributed by atoms with Crippen LogP contribution < -0.4 is 0 Å². The fourth-order valence-corrected chi connectivity index (χ4v) is 1.50. The Kier molecular flexibility index (Phi) is 2.35. The molecule has 1 aliphatic rings. The summed E-state index contributed by atoms with van der Waals surface area (Å²) in [6, 6.07) is 0. The van der Waals surface area contributed by atoms with E-state index in [0.29, 0.717) is 12.2 Å². The Morgan fingerprint density at radius 1 is 1.71 bits per heavy atom. The van der Waals surface area contributed by atoms with Crippen molar-refractivity contribution in [2.24, 2.45) is 0 Å². The van der Waals surface area contributed by atoms with Crippen LogP contribution in [0.3, 0.4) is 0 Å². The van der Waals surface area contributed by atoms with Gasteiger partial charge in [0.05, 0.1) is 6.61 Å². The predicted molar refractivity (Wildman–Crippen MR) is 51.5 cm³/mol. The first-order valence-corrected chi connectivity index (χ1v) is 4.70. The first-order valence-electron chi connectivity index (χ1n) is 4.70. The van der Waals surface area contributed by atoms with Gasteiger partial charge in [0.15, 0.2) is 0 Å². The van der Waals surface area contributed by atoms with Gasteiger partial charge in [-0.3, -0.25) is 0 Å². The normalized spacial score (nSPS) is 14.5. The maximum absolute atomic E-state index is 11.4. The van der Waals surface area contributed by atoms with Crippen molar-refractivity contribution in [3.63, 3.8) is 0 Å². The maximum atomic E-state index is 11.4. The number of rotatable bonds is 2. The molecule has 0 spiro atoms. The van der Waals surface area contributed by atoms with Gasteiger partial charge in [-0.25, -0.2) is 9.78 Å². The monoisotopic (exact) mass is 192 g/mol. The van der Waals surface area contributed by atoms with E-state index in [9.17, 15) is 4.79 Å². The first-order chi connectivity index (χ1) is 6.81. The molecular weight excluding hydrogens is 180 g/mol. The highest BCUT2D eigenvalue weighted by molar-refractivity contribution is 5.93. The van der Waals surface area contributed by atoms with Gasteiger partial charge in [-0.1, -0.05) is 0 Å². The van der Waals surface area contributed by atoms with Gasteiger partial charge < -0.3 is 9.30 Å². The zero-order valence-electron chi connectivity index (χ0n) is 8.06. The Morgan fingerprint density at radius 3 is 3.36 bits per heavy atom. The van der Waals surface area contributed by atoms with E-state index in [-0.39, 0.29) is 5.97 Å². The van der Waals surface area contributed by atoms with Crippen molar-refractivity contribution in [2.45, 2.75) is 19.9 Å². The largest absolute Gasteiger partial charge is 0.463 e. The maximum Gasteiger partial charge on any atom is 0.334 e. The van der Waals surface area contributed by atoms with E-state index in [1.807, 2.05) is 17.7 Å². The summed E-state index contributed by atoms with van der Waals surface area (Å²) in [5.74, 6) is 0.612. The zero-order chi connectivity index (χ0) is 9.97. The predicted octanol–water partition coefficient (Wildman–Crippen LogP) is 1.23. The lowest BCUT2D eigenvalue weighted by molar-refractivity contribution is -0.138. The molecule has 1 aliphatic heterocycles. The Bertz CT molecular complexity index is 379. The summed E-state index contributed by atoms with van der Waals surface area (Å²) < 4.78 is 6.95. The molecule has 2 heterocycles. The Labute approximate surface area is 82.2 Å². The lowest BCUT2D eigenvalue weighted by Gasteiger charge is -2.13. The van der Waals surface area contributed by atoms with Crippen molar-refractivity contribution >= 4 is 12.0 Å². The highest BCUT2D eigenvalue weighted by Crippen LogP contribution is 2.17. The fourth-order valence-electron chi connectivity index (χ4n) is 1.50. The molecule has 0 saturated carbocycles. The third-order valence-electron chi connectivity index (χ3n) is 2.21. The van der Waals surface area contributed by atoms with Gasteiger partial charge in [-0.15, -0.1) is 0 Å². The van der Waals surface area contributed by atoms with Crippen LogP contribution in [0, 0.1) is 0 Å². The summed E-state index contributed by atoms with van der Waals surface area (Å²) in [7, 11) is 0. The number of esters is 1. The molecule has 14 heavy (non-hydrogen) atoms. The highest BCUT2D eigenvalue weighted by Gasteiger charge is 2.16. The molecule has 0 fully saturated rings. The number of fused-ring (bicyclic) bond motifs is 1. The van der Waals surface area contributed by atoms with Crippen LogP contribution in [-0.4, -0.2) is 22.1 Å². The minimum atomic E-state index is -0.221. The quantitative estimate of drug-likeness (QED) is 0.662. The third-order valence-corrected chi connectivity index (χ3v) is 2.21. The molecule has 4 heteroatoms. The minimum Gasteiger partial charge on any atom is -0.463 e. The molecule has 0 aliphatic carbocycles. The number of carbonyl (C=O) groups is 1. The average molecular weight is 192 g/mol. The minimum absolute atomic E-state index is 0.221. The summed E-state index contributed by atoms with van der Waals surface area (Å²) in [5.41, 5.74) is 0.713. The van der Waals surface area contributed by atoms with Gasteiger partial charge >= 0.3 is 5.97 Å². The van der Waals surface area contributed by atoms with Crippen molar-refractivity contribution in [1.82, 2.24) is 9.55 Å². The van der Waals surface area contributed by atoms with Gasteiger partial charge in [0, 0.05) is 24.5 Å². The van der Waals surface area contributed by atoms with Crippen LogP contribution in [0.2, 0.25) is 0 Å².